The number of aryl methyl sites for hydroxylation is 2. The first-order valence-corrected chi connectivity index (χ1v) is 12.5. The van der Waals surface area contributed by atoms with Gasteiger partial charge in [0.05, 0.1) is 16.9 Å². The Morgan fingerprint density at radius 3 is 2.50 bits per heavy atom. The van der Waals surface area contributed by atoms with Crippen molar-refractivity contribution in [1.82, 2.24) is 30.0 Å². The van der Waals surface area contributed by atoms with Crippen molar-refractivity contribution in [3.63, 3.8) is 0 Å². The van der Waals surface area contributed by atoms with Crippen molar-refractivity contribution in [2.75, 3.05) is 5.73 Å². The number of hydrogen-bond acceptors (Lipinski definition) is 7. The quantitative estimate of drug-likeness (QED) is 0.293. The van der Waals surface area contributed by atoms with Gasteiger partial charge in [-0.3, -0.25) is 9.36 Å². The topological polar surface area (TPSA) is 125 Å². The first-order valence-electron chi connectivity index (χ1n) is 12.5. The first-order chi connectivity index (χ1) is 19.4. The summed E-state index contributed by atoms with van der Waals surface area (Å²) in [6.07, 6.45) is 4.63. The predicted octanol–water partition coefficient (Wildman–Crippen LogP) is 5.41. The Kier molecular flexibility index (Phi) is 6.27. The van der Waals surface area contributed by atoms with Crippen LogP contribution in [0, 0.1) is 19.7 Å². The van der Waals surface area contributed by atoms with Crippen molar-refractivity contribution in [3.8, 4) is 27.9 Å². The van der Waals surface area contributed by atoms with E-state index >= 15 is 4.39 Å². The maximum atomic E-state index is 17.1. The number of carbonyl (C=O) groups is 1. The minimum Gasteiger partial charge on any atom is -0.383 e. The molecule has 0 unspecified atom stereocenters. The van der Waals surface area contributed by atoms with Gasteiger partial charge in [0.2, 0.25) is 0 Å². The van der Waals surface area contributed by atoms with Gasteiger partial charge in [-0.2, -0.15) is 0 Å². The van der Waals surface area contributed by atoms with Gasteiger partial charge in [-0.1, -0.05) is 35.5 Å². The van der Waals surface area contributed by atoms with Crippen LogP contribution in [-0.4, -0.2) is 30.6 Å². The van der Waals surface area contributed by atoms with Crippen LogP contribution >= 0.6 is 0 Å². The predicted molar refractivity (Wildman–Crippen MR) is 149 cm³/mol. The fourth-order valence-electron chi connectivity index (χ4n) is 4.89. The number of hydrogen-bond donors (Lipinski definition) is 2. The van der Waals surface area contributed by atoms with Crippen molar-refractivity contribution in [3.05, 3.63) is 108 Å². The summed E-state index contributed by atoms with van der Waals surface area (Å²) < 4.78 is 24.1. The van der Waals surface area contributed by atoms with Crippen LogP contribution in [0.3, 0.4) is 0 Å². The van der Waals surface area contributed by atoms with Gasteiger partial charge in [0, 0.05) is 41.2 Å². The lowest BCUT2D eigenvalue weighted by Gasteiger charge is -2.20. The van der Waals surface area contributed by atoms with E-state index in [9.17, 15) is 4.79 Å². The largest absolute Gasteiger partial charge is 0.383 e. The summed E-state index contributed by atoms with van der Waals surface area (Å²) >= 11 is 0. The number of halogens is 1. The smallest absolute Gasteiger partial charge is 0.252 e. The Morgan fingerprint density at radius 2 is 1.75 bits per heavy atom. The average molecular weight is 534 g/mol. The van der Waals surface area contributed by atoms with Gasteiger partial charge in [0.15, 0.2) is 11.5 Å². The van der Waals surface area contributed by atoms with E-state index in [1.165, 1.54) is 12.5 Å². The second kappa shape index (κ2) is 10.1. The van der Waals surface area contributed by atoms with E-state index in [1.54, 1.807) is 54.9 Å². The molecule has 6 aromatic rings. The molecule has 3 N–H and O–H groups in total. The summed E-state index contributed by atoms with van der Waals surface area (Å²) in [6, 6.07) is 17.9. The number of amides is 1. The molecule has 40 heavy (non-hydrogen) atoms. The van der Waals surface area contributed by atoms with Gasteiger partial charge < -0.3 is 15.6 Å². The van der Waals surface area contributed by atoms with Crippen LogP contribution in [0.1, 0.15) is 27.4 Å². The van der Waals surface area contributed by atoms with Crippen LogP contribution in [0.25, 0.3) is 39.1 Å². The summed E-state index contributed by atoms with van der Waals surface area (Å²) in [4.78, 5) is 26.8. The molecular formula is C30H24FN7O2. The lowest BCUT2D eigenvalue weighted by atomic mass is 9.91. The second-order valence-corrected chi connectivity index (χ2v) is 9.27. The molecule has 0 saturated carbocycles. The van der Waals surface area contributed by atoms with Crippen LogP contribution in [0.5, 0.6) is 0 Å². The molecule has 9 nitrogen and oxygen atoms in total. The molecule has 10 heteroatoms. The number of nitrogen functional groups attached to an aromatic ring is 1. The fourth-order valence-corrected chi connectivity index (χ4v) is 4.89. The van der Waals surface area contributed by atoms with Gasteiger partial charge in [-0.15, -0.1) is 0 Å². The Labute approximate surface area is 228 Å². The highest BCUT2D eigenvalue weighted by Gasteiger charge is 2.29. The summed E-state index contributed by atoms with van der Waals surface area (Å²) in [6.45, 7) is 3.76. The molecular weight excluding hydrogens is 509 g/mol. The molecule has 0 bridgehead atoms. The monoisotopic (exact) mass is 533 g/mol. The number of carbonyl (C=O) groups excluding carboxylic acids is 1. The number of pyridine rings is 2. The van der Waals surface area contributed by atoms with E-state index in [4.69, 9.17) is 10.3 Å². The third kappa shape index (κ3) is 4.25. The number of fused-ring (bicyclic) bond motifs is 1. The molecule has 0 radical (unpaired) electrons. The SMILES string of the molecule is Cc1noc(C)c1-c1cc(C(=O)NCc2ccccc2)c(-c2cccnc2N)c(F)c1-n1cnc2cccnc21. The molecule has 4 heterocycles. The molecule has 0 aliphatic carbocycles. The van der Waals surface area contributed by atoms with E-state index in [-0.39, 0.29) is 34.7 Å². The number of imidazole rings is 1. The summed E-state index contributed by atoms with van der Waals surface area (Å²) in [5.74, 6) is -0.607. The van der Waals surface area contributed by atoms with Crippen LogP contribution in [0.4, 0.5) is 10.2 Å². The molecule has 0 saturated heterocycles. The number of benzene rings is 2. The van der Waals surface area contributed by atoms with E-state index in [0.717, 1.165) is 5.56 Å². The van der Waals surface area contributed by atoms with Gasteiger partial charge in [-0.25, -0.2) is 19.3 Å². The second-order valence-electron chi connectivity index (χ2n) is 9.27. The molecule has 0 spiro atoms. The number of anilines is 1. The molecule has 4 aromatic heterocycles. The number of nitrogens with two attached hydrogens (primary N) is 1. The normalized spacial score (nSPS) is 11.2. The van der Waals surface area contributed by atoms with Gasteiger partial charge in [0.1, 0.15) is 23.4 Å². The Morgan fingerprint density at radius 1 is 0.975 bits per heavy atom. The first kappa shape index (κ1) is 24.9. The Bertz CT molecular complexity index is 1860. The van der Waals surface area contributed by atoms with E-state index < -0.39 is 11.7 Å². The molecule has 0 atom stereocenters. The van der Waals surface area contributed by atoms with Crippen molar-refractivity contribution in [2.45, 2.75) is 20.4 Å². The van der Waals surface area contributed by atoms with E-state index in [0.29, 0.717) is 33.7 Å². The maximum absolute atomic E-state index is 17.1. The highest BCUT2D eigenvalue weighted by atomic mass is 19.1. The third-order valence-corrected chi connectivity index (χ3v) is 6.74. The number of aromatic nitrogens is 5. The highest BCUT2D eigenvalue weighted by molar-refractivity contribution is 6.05. The van der Waals surface area contributed by atoms with Gasteiger partial charge >= 0.3 is 0 Å². The Balaban J connectivity index is 1.65. The standard InChI is InChI=1S/C30H24FN7O2/c1-17-24(18(2)40-37-17)21-14-22(30(39)35-15-19-8-4-3-5-9-19)25(20-10-6-12-33-28(20)32)26(31)27(21)38-16-36-23-11-7-13-34-29(23)38/h3-14,16H,15H2,1-2H3,(H2,32,33)(H,35,39). The van der Waals surface area contributed by atoms with Crippen LogP contribution in [0.2, 0.25) is 0 Å². The minimum atomic E-state index is -0.688. The lowest BCUT2D eigenvalue weighted by Crippen LogP contribution is -2.24. The van der Waals surface area contributed by atoms with Crippen molar-refractivity contribution in [1.29, 1.82) is 0 Å². The van der Waals surface area contributed by atoms with E-state index in [1.807, 2.05) is 30.3 Å². The average Bonchev–Trinajstić information content (AvgIpc) is 3.54. The lowest BCUT2D eigenvalue weighted by molar-refractivity contribution is 0.0951. The molecule has 198 valence electrons. The molecule has 0 aliphatic rings. The van der Waals surface area contributed by atoms with Crippen molar-refractivity contribution < 1.29 is 13.7 Å². The third-order valence-electron chi connectivity index (χ3n) is 6.74. The van der Waals surface area contributed by atoms with Crippen LogP contribution in [-0.2, 0) is 6.54 Å². The van der Waals surface area contributed by atoms with Crippen LogP contribution < -0.4 is 11.1 Å². The highest BCUT2D eigenvalue weighted by Crippen LogP contribution is 2.42. The summed E-state index contributed by atoms with van der Waals surface area (Å²) in [7, 11) is 0. The molecule has 6 rings (SSSR count). The number of nitrogens with one attached hydrogen (secondary N) is 1. The molecule has 0 aliphatic heterocycles. The van der Waals surface area contributed by atoms with Gasteiger partial charge in [0.25, 0.3) is 5.91 Å². The Hall–Kier alpha value is -5.38. The molecule has 0 fully saturated rings. The zero-order valence-corrected chi connectivity index (χ0v) is 21.7. The van der Waals surface area contributed by atoms with Crippen molar-refractivity contribution in [2.24, 2.45) is 0 Å². The van der Waals surface area contributed by atoms with Crippen molar-refractivity contribution >= 4 is 22.9 Å². The summed E-state index contributed by atoms with van der Waals surface area (Å²) in [5.41, 5.74) is 10.2. The maximum Gasteiger partial charge on any atom is 0.252 e. The fraction of sp³-hybridized carbons (Fsp3) is 0.100. The van der Waals surface area contributed by atoms with Gasteiger partial charge in [-0.05, 0) is 49.7 Å². The number of nitrogens with zero attached hydrogens (tertiary/aromatic N) is 5. The van der Waals surface area contributed by atoms with Crippen LogP contribution in [0.15, 0.2) is 83.9 Å². The zero-order valence-electron chi connectivity index (χ0n) is 21.7. The van der Waals surface area contributed by atoms with E-state index in [2.05, 4.69) is 25.4 Å². The minimum absolute atomic E-state index is 0.0134. The number of rotatable bonds is 6. The zero-order chi connectivity index (χ0) is 27.8. The molecule has 1 amide bonds. The summed E-state index contributed by atoms with van der Waals surface area (Å²) in [5, 5.41) is 7.00. The molecule has 2 aromatic carbocycles.